The van der Waals surface area contributed by atoms with Crippen LogP contribution in [0.4, 0.5) is 11.6 Å². The first-order valence-corrected chi connectivity index (χ1v) is 11.7. The van der Waals surface area contributed by atoms with E-state index < -0.39 is 5.63 Å². The van der Waals surface area contributed by atoms with Crippen molar-refractivity contribution in [2.75, 3.05) is 23.3 Å². The highest BCUT2D eigenvalue weighted by molar-refractivity contribution is 7.98. The molecule has 0 spiro atoms. The van der Waals surface area contributed by atoms with Gasteiger partial charge in [0.25, 0.3) is 0 Å². The van der Waals surface area contributed by atoms with E-state index in [0.29, 0.717) is 23.6 Å². The summed E-state index contributed by atoms with van der Waals surface area (Å²) in [4.78, 5) is 25.8. The van der Waals surface area contributed by atoms with Crippen LogP contribution in [0.15, 0.2) is 61.4 Å². The molecule has 1 aromatic carbocycles. The molecule has 9 nitrogen and oxygen atoms in total. The van der Waals surface area contributed by atoms with E-state index in [1.54, 1.807) is 18.4 Å². The Morgan fingerprint density at radius 2 is 2.03 bits per heavy atom. The van der Waals surface area contributed by atoms with Crippen molar-refractivity contribution in [3.05, 3.63) is 64.4 Å². The molecule has 1 saturated heterocycles. The first-order valence-electron chi connectivity index (χ1n) is 10.7. The van der Waals surface area contributed by atoms with E-state index >= 15 is 0 Å². The van der Waals surface area contributed by atoms with Crippen molar-refractivity contribution in [3.8, 4) is 0 Å². The van der Waals surface area contributed by atoms with Crippen LogP contribution in [0.25, 0.3) is 11.0 Å². The number of aromatic nitrogens is 3. The van der Waals surface area contributed by atoms with Crippen LogP contribution < -0.4 is 15.8 Å². The quantitative estimate of drug-likeness (QED) is 0.324. The molecule has 170 valence electrons. The minimum atomic E-state index is -0.437. The van der Waals surface area contributed by atoms with Crippen LogP contribution in [-0.2, 0) is 17.1 Å². The van der Waals surface area contributed by atoms with Crippen molar-refractivity contribution in [2.24, 2.45) is 0 Å². The van der Waals surface area contributed by atoms with Crippen molar-refractivity contribution in [2.45, 2.75) is 37.2 Å². The smallest absolute Gasteiger partial charge is 0.336 e. The number of furan rings is 1. The number of rotatable bonds is 7. The molecular weight excluding hydrogens is 442 g/mol. The van der Waals surface area contributed by atoms with Gasteiger partial charge in [0.05, 0.1) is 12.8 Å². The van der Waals surface area contributed by atoms with Gasteiger partial charge in [-0.05, 0) is 42.7 Å². The van der Waals surface area contributed by atoms with E-state index in [-0.39, 0.29) is 5.91 Å². The van der Waals surface area contributed by atoms with E-state index in [1.165, 1.54) is 24.8 Å². The Kier molecular flexibility index (Phi) is 5.91. The van der Waals surface area contributed by atoms with Gasteiger partial charge in [0.1, 0.15) is 11.3 Å². The molecule has 0 radical (unpaired) electrons. The van der Waals surface area contributed by atoms with Gasteiger partial charge in [-0.2, -0.15) is 0 Å². The summed E-state index contributed by atoms with van der Waals surface area (Å²) in [5.74, 6) is 1.99. The second-order valence-electron chi connectivity index (χ2n) is 7.91. The molecule has 4 aromatic rings. The SMILES string of the molecule is CC(=O)Nc1ccc2c(CSc3nnc(N4CCCC4)n3Cc3ccco3)cc(=O)oc2c1. The monoisotopic (exact) mass is 465 g/mol. The molecule has 5 rings (SSSR count). The van der Waals surface area contributed by atoms with Crippen LogP contribution in [0.3, 0.4) is 0 Å². The molecular formula is C23H23N5O4S. The summed E-state index contributed by atoms with van der Waals surface area (Å²) in [6.45, 7) is 3.89. The molecule has 0 saturated carbocycles. The lowest BCUT2D eigenvalue weighted by molar-refractivity contribution is -0.114. The molecule has 1 amide bonds. The number of thioether (sulfide) groups is 1. The zero-order chi connectivity index (χ0) is 22.8. The number of nitrogens with zero attached hydrogens (tertiary/aromatic N) is 4. The maximum absolute atomic E-state index is 12.2. The van der Waals surface area contributed by atoms with Gasteiger partial charge in [0.2, 0.25) is 11.9 Å². The molecule has 0 aliphatic carbocycles. The predicted molar refractivity (Wildman–Crippen MR) is 126 cm³/mol. The molecule has 10 heteroatoms. The average molecular weight is 466 g/mol. The summed E-state index contributed by atoms with van der Waals surface area (Å²) in [6.07, 6.45) is 3.94. The highest BCUT2D eigenvalue weighted by Gasteiger charge is 2.22. The topological polar surface area (TPSA) is 106 Å². The van der Waals surface area contributed by atoms with Crippen molar-refractivity contribution in [1.29, 1.82) is 0 Å². The third-order valence-corrected chi connectivity index (χ3v) is 6.50. The standard InChI is InChI=1S/C23H23N5O4S/c1-15(29)24-17-6-7-19-16(11-21(30)32-20(19)12-17)14-33-23-26-25-22(27-8-2-3-9-27)28(23)13-18-5-4-10-31-18/h4-7,10-12H,2-3,8-9,13-14H2,1H3,(H,24,29). The highest BCUT2D eigenvalue weighted by Crippen LogP contribution is 2.30. The van der Waals surface area contributed by atoms with Crippen molar-refractivity contribution >= 4 is 40.3 Å². The Morgan fingerprint density at radius 1 is 1.18 bits per heavy atom. The molecule has 1 aliphatic rings. The van der Waals surface area contributed by atoms with Crippen LogP contribution in [0.5, 0.6) is 0 Å². The number of carbonyl (C=O) groups is 1. The molecule has 33 heavy (non-hydrogen) atoms. The van der Waals surface area contributed by atoms with Gasteiger partial charge in [0, 0.05) is 49.0 Å². The van der Waals surface area contributed by atoms with Crippen LogP contribution in [-0.4, -0.2) is 33.8 Å². The number of hydrogen-bond acceptors (Lipinski definition) is 8. The van der Waals surface area contributed by atoms with Gasteiger partial charge in [-0.1, -0.05) is 11.8 Å². The van der Waals surface area contributed by atoms with Crippen LogP contribution in [0, 0.1) is 0 Å². The van der Waals surface area contributed by atoms with E-state index in [1.807, 2.05) is 18.2 Å². The number of carbonyl (C=O) groups excluding carboxylic acids is 1. The van der Waals surface area contributed by atoms with Crippen molar-refractivity contribution in [3.63, 3.8) is 0 Å². The fourth-order valence-corrected chi connectivity index (χ4v) is 4.93. The van der Waals surface area contributed by atoms with E-state index in [9.17, 15) is 9.59 Å². The van der Waals surface area contributed by atoms with E-state index in [4.69, 9.17) is 8.83 Å². The van der Waals surface area contributed by atoms with Gasteiger partial charge >= 0.3 is 5.63 Å². The molecule has 3 aromatic heterocycles. The molecule has 1 fully saturated rings. The van der Waals surface area contributed by atoms with Gasteiger partial charge in [0.15, 0.2) is 5.16 Å². The maximum atomic E-state index is 12.2. The third-order valence-electron chi connectivity index (χ3n) is 5.49. The molecule has 1 N–H and O–H groups in total. The Bertz CT molecular complexity index is 1340. The molecule has 0 bridgehead atoms. The molecule has 0 unspecified atom stereocenters. The molecule has 4 heterocycles. The molecule has 0 atom stereocenters. The maximum Gasteiger partial charge on any atom is 0.336 e. The van der Waals surface area contributed by atoms with E-state index in [2.05, 4.69) is 25.0 Å². The van der Waals surface area contributed by atoms with Gasteiger partial charge in [-0.3, -0.25) is 9.36 Å². The van der Waals surface area contributed by atoms with Crippen molar-refractivity contribution in [1.82, 2.24) is 14.8 Å². The number of hydrogen-bond donors (Lipinski definition) is 1. The van der Waals surface area contributed by atoms with Crippen LogP contribution in [0.1, 0.15) is 31.1 Å². The summed E-state index contributed by atoms with van der Waals surface area (Å²) >= 11 is 1.51. The number of amides is 1. The number of fused-ring (bicyclic) bond motifs is 1. The van der Waals surface area contributed by atoms with Gasteiger partial charge in [-0.25, -0.2) is 4.79 Å². The number of benzene rings is 1. The average Bonchev–Trinajstić information content (AvgIpc) is 3.54. The first kappa shape index (κ1) is 21.3. The minimum Gasteiger partial charge on any atom is -0.467 e. The Morgan fingerprint density at radius 3 is 2.79 bits per heavy atom. The summed E-state index contributed by atoms with van der Waals surface area (Å²) in [7, 11) is 0. The zero-order valence-corrected chi connectivity index (χ0v) is 18.9. The van der Waals surface area contributed by atoms with E-state index in [0.717, 1.165) is 53.7 Å². The summed E-state index contributed by atoms with van der Waals surface area (Å²) in [6, 6.07) is 10.6. The lowest BCUT2D eigenvalue weighted by atomic mass is 10.1. The number of nitrogens with one attached hydrogen (secondary N) is 1. The first-order chi connectivity index (χ1) is 16.1. The minimum absolute atomic E-state index is 0.187. The second-order valence-corrected chi connectivity index (χ2v) is 8.86. The van der Waals surface area contributed by atoms with Gasteiger partial charge in [-0.15, -0.1) is 10.2 Å². The third kappa shape index (κ3) is 4.65. The molecule has 1 aliphatic heterocycles. The van der Waals surface area contributed by atoms with Gasteiger partial charge < -0.3 is 19.1 Å². The van der Waals surface area contributed by atoms with Crippen LogP contribution >= 0.6 is 11.8 Å². The Labute approximate surface area is 193 Å². The lowest BCUT2D eigenvalue weighted by Crippen LogP contribution is -2.22. The van der Waals surface area contributed by atoms with Crippen LogP contribution in [0.2, 0.25) is 0 Å². The van der Waals surface area contributed by atoms with Crippen molar-refractivity contribution < 1.29 is 13.6 Å². The largest absolute Gasteiger partial charge is 0.467 e. The predicted octanol–water partition coefficient (Wildman–Crippen LogP) is 3.88. The Balaban J connectivity index is 1.44. The lowest BCUT2D eigenvalue weighted by Gasteiger charge is -2.17. The number of anilines is 2. The summed E-state index contributed by atoms with van der Waals surface area (Å²) in [5, 5.41) is 13.2. The highest BCUT2D eigenvalue weighted by atomic mass is 32.2. The summed E-state index contributed by atoms with van der Waals surface area (Å²) in [5.41, 5.74) is 1.40. The summed E-state index contributed by atoms with van der Waals surface area (Å²) < 4.78 is 13.0. The zero-order valence-electron chi connectivity index (χ0n) is 18.1. The normalized spacial score (nSPS) is 13.7. The Hall–Kier alpha value is -3.53. The second kappa shape index (κ2) is 9.14. The fourth-order valence-electron chi connectivity index (χ4n) is 4.01. The fraction of sp³-hybridized carbons (Fsp3) is 0.304.